The second-order valence-corrected chi connectivity index (χ2v) is 5.80. The van der Waals surface area contributed by atoms with Crippen molar-refractivity contribution in [2.75, 3.05) is 5.73 Å². The molecule has 1 heterocycles. The van der Waals surface area contributed by atoms with Gasteiger partial charge in [0, 0.05) is 12.3 Å². The first kappa shape index (κ1) is 19.9. The maximum atomic E-state index is 11.1. The van der Waals surface area contributed by atoms with Crippen LogP contribution in [0.1, 0.15) is 38.3 Å². The van der Waals surface area contributed by atoms with E-state index in [2.05, 4.69) is 10.1 Å². The monoisotopic (exact) mass is 349 g/mol. The summed E-state index contributed by atoms with van der Waals surface area (Å²) in [4.78, 5) is 31.1. The van der Waals surface area contributed by atoms with Crippen LogP contribution in [-0.4, -0.2) is 34.8 Å². The molecule has 0 aromatic carbocycles. The fourth-order valence-electron chi connectivity index (χ4n) is 2.20. The number of carboxylic acid groups (broad SMARTS) is 1. The first-order valence-electron chi connectivity index (χ1n) is 6.79. The summed E-state index contributed by atoms with van der Waals surface area (Å²) in [5, 5.41) is 16.5. The number of nitrogens with two attached hydrogens (primary N) is 1. The van der Waals surface area contributed by atoms with Gasteiger partial charge in [-0.05, 0) is 25.7 Å². The number of carboxylic acids is 1. The van der Waals surface area contributed by atoms with E-state index in [0.717, 1.165) is 11.3 Å². The number of aliphatic carboxylic acids is 1. The van der Waals surface area contributed by atoms with Gasteiger partial charge in [-0.2, -0.15) is 0 Å². The zero-order valence-electron chi connectivity index (χ0n) is 13.0. The molecule has 0 saturated heterocycles. The van der Waals surface area contributed by atoms with Crippen molar-refractivity contribution >= 4 is 34.1 Å². The third-order valence-electron chi connectivity index (χ3n) is 3.20. The quantitative estimate of drug-likeness (QED) is 0.261. The summed E-state index contributed by atoms with van der Waals surface area (Å²) < 4.78 is 5.12. The van der Waals surface area contributed by atoms with E-state index in [1.165, 1.54) is 12.3 Å². The zero-order valence-corrected chi connectivity index (χ0v) is 15.8. The van der Waals surface area contributed by atoms with Gasteiger partial charge in [-0.3, -0.25) is 4.79 Å². The van der Waals surface area contributed by atoms with E-state index >= 15 is 0 Å². The van der Waals surface area contributed by atoms with Crippen molar-refractivity contribution in [3.63, 3.8) is 0 Å². The van der Waals surface area contributed by atoms with Crippen molar-refractivity contribution in [2.45, 2.75) is 44.8 Å². The van der Waals surface area contributed by atoms with Crippen molar-refractivity contribution < 1.29 is 53.8 Å². The number of hydrogen-bond donors (Lipinski definition) is 1. The van der Waals surface area contributed by atoms with Crippen LogP contribution in [-0.2, 0) is 19.2 Å². The molecule has 0 unspecified atom stereocenters. The van der Waals surface area contributed by atoms with Gasteiger partial charge < -0.3 is 25.2 Å². The minimum Gasteiger partial charge on any atom is -0.543 e. The van der Waals surface area contributed by atoms with Gasteiger partial charge in [0.05, 0.1) is 5.97 Å². The molecule has 8 nitrogen and oxygen atoms in total. The molecule has 2 N–H and O–H groups in total. The van der Waals surface area contributed by atoms with Crippen LogP contribution in [0.4, 0.5) is 5.13 Å². The number of nitrogen functional groups attached to an aromatic ring is 1. The Labute approximate surface area is 159 Å². The number of hydrogen-bond acceptors (Lipinski definition) is 9. The zero-order chi connectivity index (χ0) is 16.1. The molecule has 1 aromatic heterocycles. The van der Waals surface area contributed by atoms with E-state index in [9.17, 15) is 14.7 Å². The number of carbonyl (C=O) groups excluding carboxylic acids is 2. The predicted octanol–water partition coefficient (Wildman–Crippen LogP) is -2.93. The van der Waals surface area contributed by atoms with Crippen molar-refractivity contribution in [1.29, 1.82) is 0 Å². The van der Waals surface area contributed by atoms with Gasteiger partial charge in [-0.1, -0.05) is 5.16 Å². The number of rotatable bonds is 5. The maximum absolute atomic E-state index is 11.1. The van der Waals surface area contributed by atoms with E-state index in [1.807, 2.05) is 0 Å². The maximum Gasteiger partial charge on any atom is 1.00 e. The van der Waals surface area contributed by atoms with Crippen LogP contribution < -0.4 is 40.4 Å². The van der Waals surface area contributed by atoms with Crippen molar-refractivity contribution in [3.8, 4) is 0 Å². The van der Waals surface area contributed by atoms with Crippen LogP contribution in [0.15, 0.2) is 10.5 Å². The topological polar surface area (TPSA) is 127 Å². The smallest absolute Gasteiger partial charge is 0.543 e. The minimum atomic E-state index is -1.47. The molecule has 0 amide bonds. The van der Waals surface area contributed by atoms with Gasteiger partial charge in [0.1, 0.15) is 17.9 Å². The third kappa shape index (κ3) is 6.09. The molecule has 0 atom stereocenters. The SMILES string of the molecule is CC(=O)OC1CCC(O/N=C(\C(=O)[O-])c2csc(N)n2)CC1.[Na+]. The summed E-state index contributed by atoms with van der Waals surface area (Å²) in [6.45, 7) is 1.37. The summed E-state index contributed by atoms with van der Waals surface area (Å²) in [7, 11) is 0. The number of oxime groups is 1. The van der Waals surface area contributed by atoms with Gasteiger partial charge in [-0.15, -0.1) is 11.3 Å². The number of aromatic nitrogens is 1. The van der Waals surface area contributed by atoms with Gasteiger partial charge in [0.2, 0.25) is 0 Å². The Morgan fingerprint density at radius 3 is 2.43 bits per heavy atom. The van der Waals surface area contributed by atoms with Crippen LogP contribution in [0, 0.1) is 0 Å². The van der Waals surface area contributed by atoms with Crippen LogP contribution in [0.25, 0.3) is 0 Å². The number of nitrogens with zero attached hydrogens (tertiary/aromatic N) is 2. The molecular formula is C13H16N3NaO5S. The molecule has 1 fully saturated rings. The fourth-order valence-corrected chi connectivity index (χ4v) is 2.75. The molecule has 23 heavy (non-hydrogen) atoms. The van der Waals surface area contributed by atoms with Crippen molar-refractivity contribution in [2.24, 2.45) is 5.16 Å². The van der Waals surface area contributed by atoms with Gasteiger partial charge in [0.15, 0.2) is 10.8 Å². The second-order valence-electron chi connectivity index (χ2n) is 4.91. The molecule has 10 heteroatoms. The largest absolute Gasteiger partial charge is 1.00 e. The molecular weight excluding hydrogens is 333 g/mol. The number of esters is 1. The van der Waals surface area contributed by atoms with Gasteiger partial charge in [0.25, 0.3) is 0 Å². The van der Waals surface area contributed by atoms with Crippen LogP contribution in [0.5, 0.6) is 0 Å². The summed E-state index contributed by atoms with van der Waals surface area (Å²) >= 11 is 1.11. The predicted molar refractivity (Wildman–Crippen MR) is 77.0 cm³/mol. The van der Waals surface area contributed by atoms with E-state index in [0.29, 0.717) is 25.7 Å². The van der Waals surface area contributed by atoms with Gasteiger partial charge in [-0.25, -0.2) is 4.98 Å². The summed E-state index contributed by atoms with van der Waals surface area (Å²) in [5.41, 5.74) is 5.21. The fraction of sp³-hybridized carbons (Fsp3) is 0.538. The summed E-state index contributed by atoms with van der Waals surface area (Å²) in [5.74, 6) is -1.78. The molecule has 1 aromatic rings. The Morgan fingerprint density at radius 1 is 1.35 bits per heavy atom. The average Bonchev–Trinajstić information content (AvgIpc) is 2.86. The number of anilines is 1. The Bertz CT molecular complexity index is 584. The van der Waals surface area contributed by atoms with E-state index < -0.39 is 5.97 Å². The molecule has 1 aliphatic rings. The van der Waals surface area contributed by atoms with Crippen molar-refractivity contribution in [1.82, 2.24) is 4.98 Å². The Balaban J connectivity index is 0.00000264. The average molecular weight is 349 g/mol. The Hall–Kier alpha value is -1.16. The van der Waals surface area contributed by atoms with E-state index in [4.69, 9.17) is 15.3 Å². The molecule has 2 rings (SSSR count). The molecule has 1 saturated carbocycles. The normalized spacial score (nSPS) is 21.2. The molecule has 1 aliphatic carbocycles. The van der Waals surface area contributed by atoms with E-state index in [1.54, 1.807) is 0 Å². The van der Waals surface area contributed by atoms with Gasteiger partial charge >= 0.3 is 35.5 Å². The minimum absolute atomic E-state index is 0. The molecule has 0 aliphatic heterocycles. The first-order valence-corrected chi connectivity index (χ1v) is 7.67. The third-order valence-corrected chi connectivity index (χ3v) is 3.88. The first-order chi connectivity index (χ1) is 10.5. The van der Waals surface area contributed by atoms with Crippen molar-refractivity contribution in [3.05, 3.63) is 11.1 Å². The Kier molecular flexibility index (Phi) is 7.97. The molecule has 0 spiro atoms. The number of thiazole rings is 1. The molecule has 0 radical (unpaired) electrons. The van der Waals surface area contributed by atoms with Crippen LogP contribution >= 0.6 is 11.3 Å². The van der Waals surface area contributed by atoms with Crippen LogP contribution in [0.3, 0.4) is 0 Å². The summed E-state index contributed by atoms with van der Waals surface area (Å²) in [6, 6.07) is 0. The number of ether oxygens (including phenoxy) is 1. The molecule has 120 valence electrons. The van der Waals surface area contributed by atoms with E-state index in [-0.39, 0.29) is 64.3 Å². The second kappa shape index (κ2) is 9.21. The molecule has 0 bridgehead atoms. The number of carbonyl (C=O) groups is 2. The summed E-state index contributed by atoms with van der Waals surface area (Å²) in [6.07, 6.45) is 2.23. The standard InChI is InChI=1S/C13H17N3O5S.Na/c1-7(17)20-8-2-4-9(5-3-8)21-16-11(12(18)19)10-6-22-13(14)15-10;/h6,8-9H,2-5H2,1H3,(H2,14,15)(H,18,19);/q;+1/p-1/b16-11-;. The van der Waals surface area contributed by atoms with Crippen LogP contribution in [0.2, 0.25) is 0 Å². The Morgan fingerprint density at radius 2 is 1.96 bits per heavy atom.